The fourth-order valence-corrected chi connectivity index (χ4v) is 5.77. The Morgan fingerprint density at radius 3 is 2.67 bits per heavy atom. The topological polar surface area (TPSA) is 123 Å². The largest absolute Gasteiger partial charge is 0.348 e. The van der Waals surface area contributed by atoms with Crippen LogP contribution in [0.4, 0.5) is 0 Å². The number of primary sulfonamides is 1. The lowest BCUT2D eigenvalue weighted by atomic mass is 10.3. The third-order valence-corrected chi connectivity index (χ3v) is 7.42. The third-order valence-electron chi connectivity index (χ3n) is 2.33. The molecule has 1 aliphatic heterocycles. The van der Waals surface area contributed by atoms with Crippen molar-refractivity contribution in [3.63, 3.8) is 0 Å². The highest BCUT2D eigenvalue weighted by atomic mass is 32.3. The van der Waals surface area contributed by atoms with Crippen LogP contribution >= 0.6 is 11.3 Å². The summed E-state index contributed by atoms with van der Waals surface area (Å²) in [6.45, 7) is 1.56. The van der Waals surface area contributed by atoms with Gasteiger partial charge < -0.3 is 5.32 Å². The highest BCUT2D eigenvalue weighted by Gasteiger charge is 2.33. The Morgan fingerprint density at radius 2 is 2.11 bits per heavy atom. The fourth-order valence-electron chi connectivity index (χ4n) is 1.63. The lowest BCUT2D eigenvalue weighted by Crippen LogP contribution is -2.34. The van der Waals surface area contributed by atoms with E-state index < -0.39 is 31.8 Å². The molecule has 1 aromatic rings. The number of fused-ring (bicyclic) bond motifs is 1. The van der Waals surface area contributed by atoms with Crippen molar-refractivity contribution in [1.82, 2.24) is 5.32 Å². The molecular formula is C8H10N2O5S3. The molecule has 0 saturated carbocycles. The van der Waals surface area contributed by atoms with Gasteiger partial charge in [0.05, 0.1) is 11.3 Å². The summed E-state index contributed by atoms with van der Waals surface area (Å²) in [6.07, 6.45) is 0. The van der Waals surface area contributed by atoms with Gasteiger partial charge in [-0.3, -0.25) is 4.79 Å². The Morgan fingerprint density at radius 1 is 1.50 bits per heavy atom. The summed E-state index contributed by atoms with van der Waals surface area (Å²) >= 11 is 0.507. The first-order chi connectivity index (χ1) is 8.11. The minimum Gasteiger partial charge on any atom is -0.348 e. The van der Waals surface area contributed by atoms with Crippen molar-refractivity contribution in [3.05, 3.63) is 11.6 Å². The normalized spacial score (nSPS) is 23.0. The quantitative estimate of drug-likeness (QED) is 0.710. The number of amides is 1. The first kappa shape index (κ1) is 13.5. The summed E-state index contributed by atoms with van der Waals surface area (Å²) in [4.78, 5) is 11.7. The minimum atomic E-state index is -4.02. The van der Waals surface area contributed by atoms with E-state index in [1.54, 1.807) is 6.92 Å². The number of nitrogens with two attached hydrogens (primary N) is 1. The molecule has 1 aromatic heterocycles. The number of rotatable bonds is 1. The van der Waals surface area contributed by atoms with E-state index in [9.17, 15) is 21.6 Å². The summed E-state index contributed by atoms with van der Waals surface area (Å²) < 4.78 is 45.7. The standard InChI is InChI=1S/C8H10N2O5S3/c1-4-3-17(12,13)8-5(7(11)10-4)2-6(16-8)18(9,14)15/h2,4H,3H2,1H3,(H,10,11)(H2,9,14,15). The number of sulfonamides is 1. The van der Waals surface area contributed by atoms with Crippen LogP contribution in [0, 0.1) is 0 Å². The molecule has 10 heteroatoms. The second-order valence-corrected chi connectivity index (χ2v) is 9.04. The molecule has 1 aliphatic rings. The second kappa shape index (κ2) is 4.02. The van der Waals surface area contributed by atoms with Crippen molar-refractivity contribution in [2.24, 2.45) is 5.14 Å². The van der Waals surface area contributed by atoms with Gasteiger partial charge in [-0.25, -0.2) is 22.0 Å². The van der Waals surface area contributed by atoms with Gasteiger partial charge in [0.15, 0.2) is 9.84 Å². The predicted octanol–water partition coefficient (Wildman–Crippen LogP) is -0.699. The number of hydrogen-bond acceptors (Lipinski definition) is 6. The molecule has 1 atom stereocenters. The van der Waals surface area contributed by atoms with Crippen LogP contribution in [0.2, 0.25) is 0 Å². The van der Waals surface area contributed by atoms with Crippen molar-refractivity contribution < 1.29 is 21.6 Å². The lowest BCUT2D eigenvalue weighted by Gasteiger charge is -2.07. The highest BCUT2D eigenvalue weighted by molar-refractivity contribution is 7.95. The molecule has 3 N–H and O–H groups in total. The minimum absolute atomic E-state index is 0.159. The van der Waals surface area contributed by atoms with Gasteiger partial charge in [0.1, 0.15) is 8.42 Å². The maximum atomic E-state index is 12.0. The number of carbonyl (C=O) groups is 1. The Hall–Kier alpha value is -0.970. The molecule has 0 aromatic carbocycles. The van der Waals surface area contributed by atoms with Gasteiger partial charge in [-0.05, 0) is 13.0 Å². The monoisotopic (exact) mass is 310 g/mol. The van der Waals surface area contributed by atoms with Crippen LogP contribution in [0.25, 0.3) is 0 Å². The summed E-state index contributed by atoms with van der Waals surface area (Å²) in [5.41, 5.74) is -0.159. The van der Waals surface area contributed by atoms with Crippen molar-refractivity contribution >= 4 is 37.1 Å². The van der Waals surface area contributed by atoms with Crippen LogP contribution in [0.3, 0.4) is 0 Å². The van der Waals surface area contributed by atoms with E-state index in [1.807, 2.05) is 0 Å². The van der Waals surface area contributed by atoms with E-state index in [1.165, 1.54) is 0 Å². The lowest BCUT2D eigenvalue weighted by molar-refractivity contribution is 0.0943. The van der Waals surface area contributed by atoms with Crippen LogP contribution in [0.5, 0.6) is 0 Å². The summed E-state index contributed by atoms with van der Waals surface area (Å²) in [5, 5.41) is 7.40. The van der Waals surface area contributed by atoms with Gasteiger partial charge in [0, 0.05) is 6.04 Å². The maximum absolute atomic E-state index is 12.0. The Labute approximate surface area is 108 Å². The van der Waals surface area contributed by atoms with Gasteiger partial charge in [-0.2, -0.15) is 0 Å². The number of sulfone groups is 1. The predicted molar refractivity (Wildman–Crippen MR) is 64.7 cm³/mol. The van der Waals surface area contributed by atoms with Crippen LogP contribution in [-0.4, -0.2) is 34.5 Å². The smallest absolute Gasteiger partial charge is 0.253 e. The van der Waals surface area contributed by atoms with Crippen molar-refractivity contribution in [3.8, 4) is 0 Å². The van der Waals surface area contributed by atoms with Crippen molar-refractivity contribution in [2.45, 2.75) is 21.4 Å². The first-order valence-corrected chi connectivity index (χ1v) is 8.83. The van der Waals surface area contributed by atoms with Crippen LogP contribution < -0.4 is 10.5 Å². The first-order valence-electron chi connectivity index (χ1n) is 4.81. The molecule has 100 valence electrons. The zero-order chi connectivity index (χ0) is 13.7. The van der Waals surface area contributed by atoms with Gasteiger partial charge in [0.25, 0.3) is 5.91 Å². The van der Waals surface area contributed by atoms with E-state index in [4.69, 9.17) is 5.14 Å². The zero-order valence-corrected chi connectivity index (χ0v) is 11.7. The van der Waals surface area contributed by atoms with Crippen LogP contribution in [0.15, 0.2) is 14.5 Å². The molecule has 0 radical (unpaired) electrons. The van der Waals surface area contributed by atoms with Gasteiger partial charge in [-0.1, -0.05) is 0 Å². The molecule has 2 heterocycles. The molecule has 0 saturated heterocycles. The molecular weight excluding hydrogens is 300 g/mol. The molecule has 2 rings (SSSR count). The Kier molecular flexibility index (Phi) is 3.00. The van der Waals surface area contributed by atoms with E-state index in [2.05, 4.69) is 5.32 Å². The van der Waals surface area contributed by atoms with Crippen molar-refractivity contribution in [1.29, 1.82) is 0 Å². The average molecular weight is 310 g/mol. The van der Waals surface area contributed by atoms with Crippen LogP contribution in [-0.2, 0) is 19.9 Å². The van der Waals surface area contributed by atoms with E-state index in [-0.39, 0.29) is 19.7 Å². The van der Waals surface area contributed by atoms with Gasteiger partial charge >= 0.3 is 0 Å². The summed E-state index contributed by atoms with van der Waals surface area (Å²) in [7, 11) is -7.71. The second-order valence-electron chi connectivity index (χ2n) is 3.97. The molecule has 0 aliphatic carbocycles. The van der Waals surface area contributed by atoms with E-state index in [0.717, 1.165) is 6.07 Å². The van der Waals surface area contributed by atoms with Crippen LogP contribution in [0.1, 0.15) is 17.3 Å². The number of hydrogen-bond donors (Lipinski definition) is 2. The number of carbonyl (C=O) groups excluding carboxylic acids is 1. The fraction of sp³-hybridized carbons (Fsp3) is 0.375. The third kappa shape index (κ3) is 2.28. The van der Waals surface area contributed by atoms with Gasteiger partial charge in [-0.15, -0.1) is 11.3 Å². The molecule has 1 unspecified atom stereocenters. The number of thiophene rings is 1. The molecule has 0 bridgehead atoms. The highest BCUT2D eigenvalue weighted by Crippen LogP contribution is 2.32. The number of nitrogens with one attached hydrogen (secondary N) is 1. The zero-order valence-electron chi connectivity index (χ0n) is 9.21. The SMILES string of the molecule is CC1CS(=O)(=O)c2sc(S(N)(=O)=O)cc2C(=O)N1. The average Bonchev–Trinajstić information content (AvgIpc) is 2.56. The molecule has 1 amide bonds. The summed E-state index contributed by atoms with van der Waals surface area (Å²) in [5.74, 6) is -0.874. The van der Waals surface area contributed by atoms with E-state index in [0.29, 0.717) is 11.3 Å². The maximum Gasteiger partial charge on any atom is 0.253 e. The molecule has 0 fully saturated rings. The Bertz CT molecular complexity index is 716. The van der Waals surface area contributed by atoms with E-state index >= 15 is 0 Å². The van der Waals surface area contributed by atoms with Gasteiger partial charge in [0.2, 0.25) is 10.0 Å². The molecule has 0 spiro atoms. The van der Waals surface area contributed by atoms with Crippen molar-refractivity contribution in [2.75, 3.05) is 5.75 Å². The summed E-state index contributed by atoms with van der Waals surface area (Å²) in [6, 6.07) is 0.473. The molecule has 7 nitrogen and oxygen atoms in total. The molecule has 18 heavy (non-hydrogen) atoms. The Balaban J connectivity index is 2.72.